The molecule has 0 radical (unpaired) electrons. The Morgan fingerprint density at radius 1 is 1.62 bits per heavy atom. The molecule has 2 rings (SSSR count). The van der Waals surface area contributed by atoms with Gasteiger partial charge in [0.1, 0.15) is 21.5 Å². The van der Waals surface area contributed by atoms with Crippen molar-refractivity contribution in [1.82, 2.24) is 5.32 Å². The number of anilines is 2. The van der Waals surface area contributed by atoms with Crippen molar-refractivity contribution in [1.29, 1.82) is 5.26 Å². The van der Waals surface area contributed by atoms with E-state index in [-0.39, 0.29) is 17.7 Å². The summed E-state index contributed by atoms with van der Waals surface area (Å²) in [6, 6.07) is 2.07. The monoisotopic (exact) mass is 308 g/mol. The van der Waals surface area contributed by atoms with Gasteiger partial charge < -0.3 is 21.1 Å². The van der Waals surface area contributed by atoms with Crippen molar-refractivity contribution in [2.75, 3.05) is 30.7 Å². The summed E-state index contributed by atoms with van der Waals surface area (Å²) in [5, 5.41) is 15.9. The van der Waals surface area contributed by atoms with Gasteiger partial charge in [0.2, 0.25) is 0 Å². The van der Waals surface area contributed by atoms with Gasteiger partial charge in [-0.2, -0.15) is 5.26 Å². The van der Waals surface area contributed by atoms with Gasteiger partial charge in [0.15, 0.2) is 0 Å². The maximum Gasteiger partial charge on any atom is 0.263 e. The van der Waals surface area contributed by atoms with Gasteiger partial charge in [0.05, 0.1) is 11.8 Å². The van der Waals surface area contributed by atoms with Gasteiger partial charge in [-0.3, -0.25) is 4.79 Å². The minimum absolute atomic E-state index is 0.164. The number of thiophene rings is 1. The first-order valence-electron chi connectivity index (χ1n) is 7.13. The largest absolute Gasteiger partial charge is 0.396 e. The van der Waals surface area contributed by atoms with Crippen LogP contribution in [0.2, 0.25) is 0 Å². The van der Waals surface area contributed by atoms with E-state index in [9.17, 15) is 10.1 Å². The zero-order chi connectivity index (χ0) is 15.2. The van der Waals surface area contributed by atoms with Crippen molar-refractivity contribution in [3.8, 4) is 6.07 Å². The summed E-state index contributed by atoms with van der Waals surface area (Å²) >= 11 is 1.23. The topological polar surface area (TPSA) is 100 Å². The Balaban J connectivity index is 2.09. The zero-order valence-corrected chi connectivity index (χ0v) is 12.9. The number of rotatable bonds is 6. The van der Waals surface area contributed by atoms with E-state index < -0.39 is 0 Å². The lowest BCUT2D eigenvalue weighted by molar-refractivity contribution is 0.0958. The van der Waals surface area contributed by atoms with E-state index in [1.54, 1.807) is 0 Å². The fourth-order valence-corrected chi connectivity index (χ4v) is 3.17. The summed E-state index contributed by atoms with van der Waals surface area (Å²) in [5.41, 5.74) is 6.53. The Hall–Kier alpha value is -1.78. The van der Waals surface area contributed by atoms with Crippen molar-refractivity contribution in [3.05, 3.63) is 10.4 Å². The molecule has 1 aliphatic rings. The number of amides is 1. The first-order valence-corrected chi connectivity index (χ1v) is 7.95. The molecule has 1 amide bonds. The minimum atomic E-state index is -0.221. The highest BCUT2D eigenvalue weighted by atomic mass is 32.1. The second kappa shape index (κ2) is 7.29. The highest BCUT2D eigenvalue weighted by Crippen LogP contribution is 2.35. The van der Waals surface area contributed by atoms with Crippen LogP contribution in [-0.2, 0) is 4.74 Å². The first kappa shape index (κ1) is 15.6. The third-order valence-electron chi connectivity index (χ3n) is 3.31. The van der Waals surface area contributed by atoms with Crippen LogP contribution in [0.1, 0.15) is 41.4 Å². The number of hydrogen-bond donors (Lipinski definition) is 3. The quantitative estimate of drug-likeness (QED) is 0.745. The van der Waals surface area contributed by atoms with Crippen LogP contribution in [0, 0.1) is 11.3 Å². The van der Waals surface area contributed by atoms with E-state index in [0.717, 1.165) is 25.9 Å². The van der Waals surface area contributed by atoms with E-state index in [4.69, 9.17) is 10.5 Å². The van der Waals surface area contributed by atoms with Crippen LogP contribution in [-0.4, -0.2) is 31.7 Å². The molecule has 1 unspecified atom stereocenters. The summed E-state index contributed by atoms with van der Waals surface area (Å²) in [5.74, 6) is -0.221. The highest BCUT2D eigenvalue weighted by molar-refractivity contribution is 7.18. The molecule has 1 fully saturated rings. The molecular formula is C14H20N4O2S. The first-order chi connectivity index (χ1) is 10.2. The van der Waals surface area contributed by atoms with E-state index >= 15 is 0 Å². The number of nitriles is 1. The van der Waals surface area contributed by atoms with E-state index in [1.165, 1.54) is 11.3 Å². The number of nitrogens with zero attached hydrogens (tertiary/aromatic N) is 1. The fraction of sp³-hybridized carbons (Fsp3) is 0.571. The highest BCUT2D eigenvalue weighted by Gasteiger charge is 2.22. The Labute approximate surface area is 128 Å². The molecule has 114 valence electrons. The summed E-state index contributed by atoms with van der Waals surface area (Å²) in [4.78, 5) is 12.4. The molecular weight excluding hydrogens is 288 g/mol. The lowest BCUT2D eigenvalue weighted by Crippen LogP contribution is -2.23. The third kappa shape index (κ3) is 3.65. The molecule has 1 saturated heterocycles. The number of carbonyl (C=O) groups excluding carboxylic acids is 1. The number of nitrogen functional groups attached to an aromatic ring is 1. The predicted molar refractivity (Wildman–Crippen MR) is 83.5 cm³/mol. The summed E-state index contributed by atoms with van der Waals surface area (Å²) in [6.45, 7) is 3.99. The molecule has 7 heteroatoms. The van der Waals surface area contributed by atoms with Gasteiger partial charge >= 0.3 is 0 Å². The van der Waals surface area contributed by atoms with E-state index in [2.05, 4.69) is 16.7 Å². The van der Waals surface area contributed by atoms with Crippen molar-refractivity contribution in [2.24, 2.45) is 0 Å². The van der Waals surface area contributed by atoms with Gasteiger partial charge in [-0.1, -0.05) is 6.92 Å². The lowest BCUT2D eigenvalue weighted by Gasteiger charge is -2.10. The Bertz CT molecular complexity index is 544. The molecule has 0 aromatic carbocycles. The average molecular weight is 308 g/mol. The smallest absolute Gasteiger partial charge is 0.263 e. The second-order valence-corrected chi connectivity index (χ2v) is 5.95. The maximum absolute atomic E-state index is 12.0. The molecule has 4 N–H and O–H groups in total. The zero-order valence-electron chi connectivity index (χ0n) is 12.1. The minimum Gasteiger partial charge on any atom is -0.396 e. The van der Waals surface area contributed by atoms with Crippen LogP contribution in [0.3, 0.4) is 0 Å². The molecule has 0 bridgehead atoms. The van der Waals surface area contributed by atoms with Gasteiger partial charge in [0, 0.05) is 19.7 Å². The fourth-order valence-electron chi connectivity index (χ4n) is 2.18. The molecule has 0 saturated carbocycles. The molecule has 1 aromatic heterocycles. The van der Waals surface area contributed by atoms with Crippen LogP contribution in [0.15, 0.2) is 0 Å². The number of hydrogen-bond acceptors (Lipinski definition) is 6. The molecule has 1 aromatic rings. The maximum atomic E-state index is 12.0. The van der Waals surface area contributed by atoms with Gasteiger partial charge in [-0.15, -0.1) is 11.3 Å². The molecule has 1 aliphatic heterocycles. The van der Waals surface area contributed by atoms with Crippen LogP contribution >= 0.6 is 11.3 Å². The van der Waals surface area contributed by atoms with Gasteiger partial charge in [0.25, 0.3) is 5.91 Å². The van der Waals surface area contributed by atoms with Crippen LogP contribution in [0.25, 0.3) is 0 Å². The van der Waals surface area contributed by atoms with Crippen LogP contribution in [0.4, 0.5) is 10.7 Å². The number of nitrogens with one attached hydrogen (secondary N) is 2. The van der Waals surface area contributed by atoms with Crippen molar-refractivity contribution >= 4 is 27.9 Å². The third-order valence-corrected chi connectivity index (χ3v) is 4.48. The number of ether oxygens (including phenoxy) is 1. The normalized spacial score (nSPS) is 17.4. The van der Waals surface area contributed by atoms with Crippen LogP contribution in [0.5, 0.6) is 0 Å². The van der Waals surface area contributed by atoms with Crippen LogP contribution < -0.4 is 16.4 Å². The summed E-state index contributed by atoms with van der Waals surface area (Å²) in [6.07, 6.45) is 3.10. The molecule has 2 heterocycles. The Kier molecular flexibility index (Phi) is 5.42. The summed E-state index contributed by atoms with van der Waals surface area (Å²) in [7, 11) is 0. The predicted octanol–water partition coefficient (Wildman–Crippen LogP) is 1.93. The molecule has 21 heavy (non-hydrogen) atoms. The number of carbonyl (C=O) groups is 1. The Morgan fingerprint density at radius 3 is 3.05 bits per heavy atom. The lowest BCUT2D eigenvalue weighted by atomic mass is 10.2. The summed E-state index contributed by atoms with van der Waals surface area (Å²) < 4.78 is 5.53. The van der Waals surface area contributed by atoms with Crippen molar-refractivity contribution < 1.29 is 9.53 Å². The van der Waals surface area contributed by atoms with Gasteiger partial charge in [-0.05, 0) is 19.3 Å². The molecule has 6 nitrogen and oxygen atoms in total. The molecule has 1 atom stereocenters. The van der Waals surface area contributed by atoms with Gasteiger partial charge in [-0.25, -0.2) is 0 Å². The average Bonchev–Trinajstić information content (AvgIpc) is 3.10. The molecule has 0 aliphatic carbocycles. The Morgan fingerprint density at radius 2 is 2.43 bits per heavy atom. The van der Waals surface area contributed by atoms with E-state index in [1.807, 2.05) is 6.92 Å². The standard InChI is InChI=1S/C14H20N4O2S/c1-2-5-17-13(19)12-11(16)10(7-15)14(21-12)18-8-9-4-3-6-20-9/h9,18H,2-6,8,16H2,1H3,(H,17,19). The van der Waals surface area contributed by atoms with Crippen molar-refractivity contribution in [2.45, 2.75) is 32.3 Å². The SMILES string of the molecule is CCCNC(=O)c1sc(NCC2CCCO2)c(C#N)c1N. The second-order valence-electron chi connectivity index (χ2n) is 4.93. The number of nitrogens with two attached hydrogens (primary N) is 1. The van der Waals surface area contributed by atoms with Crippen molar-refractivity contribution in [3.63, 3.8) is 0 Å². The molecule has 0 spiro atoms. The van der Waals surface area contributed by atoms with E-state index in [0.29, 0.717) is 28.5 Å².